The average molecular weight is 314 g/mol. The lowest BCUT2D eigenvalue weighted by molar-refractivity contribution is 0.466. The van der Waals surface area contributed by atoms with Crippen LogP contribution >= 0.6 is 27.7 Å². The van der Waals surface area contributed by atoms with Crippen LogP contribution in [-0.4, -0.2) is 24.1 Å². The monoisotopic (exact) mass is 313 g/mol. The Hall–Kier alpha value is 0.01000. The van der Waals surface area contributed by atoms with Gasteiger partial charge in [-0.15, -0.1) is 0 Å². The zero-order valence-corrected chi connectivity index (χ0v) is 12.7. The minimum atomic E-state index is 0.571. The molecule has 1 aromatic carbocycles. The highest BCUT2D eigenvalue weighted by molar-refractivity contribution is 9.10. The third-order valence-electron chi connectivity index (χ3n) is 3.23. The zero-order valence-electron chi connectivity index (χ0n) is 10.3. The molecule has 2 atom stereocenters. The quantitative estimate of drug-likeness (QED) is 0.889. The molecule has 17 heavy (non-hydrogen) atoms. The normalized spacial score (nSPS) is 21.6. The van der Waals surface area contributed by atoms with Crippen molar-refractivity contribution in [1.82, 2.24) is 5.32 Å². The van der Waals surface area contributed by atoms with Gasteiger partial charge < -0.3 is 5.32 Å². The van der Waals surface area contributed by atoms with Crippen LogP contribution in [0.1, 0.15) is 18.9 Å². The van der Waals surface area contributed by atoms with Crippen LogP contribution in [0.25, 0.3) is 0 Å². The summed E-state index contributed by atoms with van der Waals surface area (Å²) in [5, 5.41) is 3.66. The number of hydrogen-bond acceptors (Lipinski definition) is 2. The van der Waals surface area contributed by atoms with Gasteiger partial charge in [-0.3, -0.25) is 0 Å². The summed E-state index contributed by atoms with van der Waals surface area (Å²) in [7, 11) is 0. The van der Waals surface area contributed by atoms with Gasteiger partial charge in [-0.1, -0.05) is 28.1 Å². The maximum Gasteiger partial charge on any atom is 0.0175 e. The lowest BCUT2D eigenvalue weighted by Gasteiger charge is -2.16. The van der Waals surface area contributed by atoms with Crippen LogP contribution in [0.5, 0.6) is 0 Å². The van der Waals surface area contributed by atoms with E-state index in [0.29, 0.717) is 6.04 Å². The fourth-order valence-corrected chi connectivity index (χ4v) is 3.71. The molecule has 1 heterocycles. The number of halogens is 1. The molecule has 0 saturated carbocycles. The average Bonchev–Trinajstić information content (AvgIpc) is 2.83. The Morgan fingerprint density at radius 3 is 2.82 bits per heavy atom. The summed E-state index contributed by atoms with van der Waals surface area (Å²) in [6.07, 6.45) is 2.51. The largest absolute Gasteiger partial charge is 0.314 e. The van der Waals surface area contributed by atoms with Crippen molar-refractivity contribution in [2.45, 2.75) is 25.8 Å². The minimum Gasteiger partial charge on any atom is -0.314 e. The number of benzene rings is 1. The fraction of sp³-hybridized carbons (Fsp3) is 0.571. The summed E-state index contributed by atoms with van der Waals surface area (Å²) >= 11 is 5.56. The third kappa shape index (κ3) is 4.65. The Morgan fingerprint density at radius 2 is 2.18 bits per heavy atom. The van der Waals surface area contributed by atoms with Gasteiger partial charge in [0, 0.05) is 10.5 Å². The molecule has 0 aromatic heterocycles. The minimum absolute atomic E-state index is 0.571. The van der Waals surface area contributed by atoms with E-state index < -0.39 is 0 Å². The molecule has 0 aliphatic carbocycles. The molecule has 0 bridgehead atoms. The van der Waals surface area contributed by atoms with E-state index in [4.69, 9.17) is 0 Å². The SMILES string of the molecule is CC(Cc1ccc(Br)cc1)NCC1CCSC1. The molecule has 1 aliphatic rings. The molecule has 2 unspecified atom stereocenters. The van der Waals surface area contributed by atoms with E-state index in [1.54, 1.807) is 0 Å². The van der Waals surface area contributed by atoms with Crippen LogP contribution < -0.4 is 5.32 Å². The van der Waals surface area contributed by atoms with Crippen molar-refractivity contribution in [1.29, 1.82) is 0 Å². The van der Waals surface area contributed by atoms with Crippen LogP contribution in [0.3, 0.4) is 0 Å². The van der Waals surface area contributed by atoms with Gasteiger partial charge in [0.25, 0.3) is 0 Å². The molecular formula is C14H20BrNS. The summed E-state index contributed by atoms with van der Waals surface area (Å²) in [4.78, 5) is 0. The topological polar surface area (TPSA) is 12.0 Å². The molecule has 1 fully saturated rings. The highest BCUT2D eigenvalue weighted by atomic mass is 79.9. The van der Waals surface area contributed by atoms with Crippen LogP contribution in [0.15, 0.2) is 28.7 Å². The van der Waals surface area contributed by atoms with Crippen LogP contribution in [-0.2, 0) is 6.42 Å². The molecule has 0 spiro atoms. The first-order chi connectivity index (χ1) is 8.24. The molecule has 1 aliphatic heterocycles. The van der Waals surface area contributed by atoms with Crippen molar-refractivity contribution in [3.05, 3.63) is 34.3 Å². The Morgan fingerprint density at radius 1 is 1.41 bits per heavy atom. The van der Waals surface area contributed by atoms with Gasteiger partial charge >= 0.3 is 0 Å². The number of nitrogens with one attached hydrogen (secondary N) is 1. The first kappa shape index (κ1) is 13.4. The molecule has 1 nitrogen and oxygen atoms in total. The summed E-state index contributed by atoms with van der Waals surface area (Å²) < 4.78 is 1.16. The summed E-state index contributed by atoms with van der Waals surface area (Å²) in [6.45, 7) is 3.47. The van der Waals surface area contributed by atoms with Gasteiger partial charge in [0.2, 0.25) is 0 Å². The molecule has 2 rings (SSSR count). The van der Waals surface area contributed by atoms with E-state index in [1.807, 2.05) is 0 Å². The summed E-state index contributed by atoms with van der Waals surface area (Å²) in [6, 6.07) is 9.22. The second-order valence-electron chi connectivity index (χ2n) is 4.87. The number of rotatable bonds is 5. The first-order valence-electron chi connectivity index (χ1n) is 6.29. The molecule has 3 heteroatoms. The lowest BCUT2D eigenvalue weighted by Crippen LogP contribution is -2.32. The summed E-state index contributed by atoms with van der Waals surface area (Å²) in [5.74, 6) is 3.60. The Kier molecular flexibility index (Phi) is 5.39. The molecule has 1 saturated heterocycles. The van der Waals surface area contributed by atoms with Crippen LogP contribution in [0, 0.1) is 5.92 Å². The van der Waals surface area contributed by atoms with Crippen molar-refractivity contribution in [3.8, 4) is 0 Å². The highest BCUT2D eigenvalue weighted by Crippen LogP contribution is 2.22. The molecule has 94 valence electrons. The van der Waals surface area contributed by atoms with Gasteiger partial charge in [-0.25, -0.2) is 0 Å². The molecular weight excluding hydrogens is 294 g/mol. The Bertz CT molecular complexity index is 333. The van der Waals surface area contributed by atoms with Gasteiger partial charge in [-0.05, 0) is 61.4 Å². The van der Waals surface area contributed by atoms with Crippen LogP contribution in [0.2, 0.25) is 0 Å². The van der Waals surface area contributed by atoms with Gasteiger partial charge in [-0.2, -0.15) is 11.8 Å². The van der Waals surface area contributed by atoms with Crippen molar-refractivity contribution in [2.24, 2.45) is 5.92 Å². The smallest absolute Gasteiger partial charge is 0.0175 e. The second kappa shape index (κ2) is 6.81. The van der Waals surface area contributed by atoms with Crippen molar-refractivity contribution < 1.29 is 0 Å². The summed E-state index contributed by atoms with van der Waals surface area (Å²) in [5.41, 5.74) is 1.41. The fourth-order valence-electron chi connectivity index (χ4n) is 2.16. The number of hydrogen-bond donors (Lipinski definition) is 1. The van der Waals surface area contributed by atoms with E-state index in [2.05, 4.69) is 64.2 Å². The second-order valence-corrected chi connectivity index (χ2v) is 6.94. The molecule has 0 radical (unpaired) electrons. The van der Waals surface area contributed by atoms with Crippen molar-refractivity contribution in [3.63, 3.8) is 0 Å². The van der Waals surface area contributed by atoms with Gasteiger partial charge in [0.15, 0.2) is 0 Å². The zero-order chi connectivity index (χ0) is 12.1. The molecule has 1 N–H and O–H groups in total. The highest BCUT2D eigenvalue weighted by Gasteiger charge is 2.15. The van der Waals surface area contributed by atoms with Gasteiger partial charge in [0.05, 0.1) is 0 Å². The Labute approximate surface area is 117 Å². The first-order valence-corrected chi connectivity index (χ1v) is 8.24. The number of thioether (sulfide) groups is 1. The standard InChI is InChI=1S/C14H20BrNS/c1-11(16-9-13-6-7-17-10-13)8-12-2-4-14(15)5-3-12/h2-5,11,13,16H,6-10H2,1H3. The third-order valence-corrected chi connectivity index (χ3v) is 4.99. The predicted molar refractivity (Wildman–Crippen MR) is 80.7 cm³/mol. The molecule has 0 amide bonds. The van der Waals surface area contributed by atoms with E-state index in [-0.39, 0.29) is 0 Å². The Balaban J connectivity index is 1.72. The maximum atomic E-state index is 3.66. The van der Waals surface area contributed by atoms with E-state index in [1.165, 1.54) is 30.0 Å². The predicted octanol–water partition coefficient (Wildman–Crippen LogP) is 3.72. The van der Waals surface area contributed by atoms with Crippen LogP contribution in [0.4, 0.5) is 0 Å². The van der Waals surface area contributed by atoms with Crippen molar-refractivity contribution >= 4 is 27.7 Å². The maximum absolute atomic E-state index is 3.66. The van der Waals surface area contributed by atoms with E-state index >= 15 is 0 Å². The lowest BCUT2D eigenvalue weighted by atomic mass is 10.1. The van der Waals surface area contributed by atoms with E-state index in [9.17, 15) is 0 Å². The van der Waals surface area contributed by atoms with Crippen molar-refractivity contribution in [2.75, 3.05) is 18.1 Å². The molecule has 1 aromatic rings. The van der Waals surface area contributed by atoms with Gasteiger partial charge in [0.1, 0.15) is 0 Å². The van der Waals surface area contributed by atoms with E-state index in [0.717, 1.165) is 16.8 Å².